The predicted octanol–water partition coefficient (Wildman–Crippen LogP) is 1.99. The van der Waals surface area contributed by atoms with Crippen molar-refractivity contribution in [2.45, 2.75) is 0 Å². The molecule has 2 rings (SSSR count). The molecule has 0 spiro atoms. The number of hydrogen-bond donors (Lipinski definition) is 3. The van der Waals surface area contributed by atoms with Gasteiger partial charge in [0.1, 0.15) is 11.3 Å². The molecule has 0 atom stereocenters. The molecule has 6 nitrogen and oxygen atoms in total. The smallest absolute Gasteiger partial charge is 0.355 e. The van der Waals surface area contributed by atoms with Gasteiger partial charge < -0.3 is 15.3 Å². The van der Waals surface area contributed by atoms with E-state index in [1.807, 2.05) is 0 Å². The Labute approximate surface area is 105 Å². The molecule has 92 valence electrons. The Hall–Kier alpha value is -2.34. The Bertz CT molecular complexity index is 683. The van der Waals surface area contributed by atoms with Crippen molar-refractivity contribution in [2.24, 2.45) is 0 Å². The summed E-state index contributed by atoms with van der Waals surface area (Å²) in [5, 5.41) is 27.8. The van der Waals surface area contributed by atoms with Crippen LogP contribution >= 0.6 is 11.6 Å². The van der Waals surface area contributed by atoms with Crippen molar-refractivity contribution in [3.63, 3.8) is 0 Å². The van der Waals surface area contributed by atoms with Crippen LogP contribution in [0.15, 0.2) is 18.2 Å². The molecule has 3 N–H and O–H groups in total. The van der Waals surface area contributed by atoms with Crippen LogP contribution in [0.4, 0.5) is 0 Å². The minimum absolute atomic E-state index is 0.0153. The Morgan fingerprint density at radius 1 is 1.17 bits per heavy atom. The molecule has 0 saturated carbocycles. The number of carboxylic acids is 2. The number of fused-ring (bicyclic) bond motifs is 1. The summed E-state index contributed by atoms with van der Waals surface area (Å²) in [5.41, 5.74) is -1.39. The van der Waals surface area contributed by atoms with Gasteiger partial charge in [0.05, 0.1) is 15.9 Å². The molecule has 0 saturated heterocycles. The number of carbonyl (C=O) groups is 2. The molecule has 1 aromatic heterocycles. The van der Waals surface area contributed by atoms with Gasteiger partial charge in [-0.3, -0.25) is 0 Å². The van der Waals surface area contributed by atoms with Gasteiger partial charge in [-0.15, -0.1) is 0 Å². The quantitative estimate of drug-likeness (QED) is 0.768. The first kappa shape index (κ1) is 12.1. The van der Waals surface area contributed by atoms with Gasteiger partial charge in [0, 0.05) is 0 Å². The molecule has 7 heteroatoms. The van der Waals surface area contributed by atoms with Crippen LogP contribution in [0.3, 0.4) is 0 Å². The number of nitrogens with zero attached hydrogens (tertiary/aromatic N) is 1. The zero-order valence-electron chi connectivity index (χ0n) is 8.72. The maximum absolute atomic E-state index is 11.0. The van der Waals surface area contributed by atoms with E-state index in [0.29, 0.717) is 0 Å². The van der Waals surface area contributed by atoms with E-state index in [1.165, 1.54) is 18.2 Å². The standard InChI is InChI=1S/C11H6ClNO5/c12-4-2-1-3-5-6(4)9(14)7(10(15)16)8(13-5)11(17)18/h1-3H,(H,13,14)(H,15,16)(H,17,18). The second-order valence-electron chi connectivity index (χ2n) is 3.43. The first-order valence-corrected chi connectivity index (χ1v) is 5.09. The third-order valence-corrected chi connectivity index (χ3v) is 2.67. The number of hydrogen-bond acceptors (Lipinski definition) is 4. The summed E-state index contributed by atoms with van der Waals surface area (Å²) in [7, 11) is 0. The molecule has 1 aromatic carbocycles. The lowest BCUT2D eigenvalue weighted by Crippen LogP contribution is -2.11. The zero-order chi connectivity index (χ0) is 13.4. The lowest BCUT2D eigenvalue weighted by molar-refractivity contribution is 0.0644. The second-order valence-corrected chi connectivity index (χ2v) is 3.84. The van der Waals surface area contributed by atoms with Crippen molar-refractivity contribution in [1.29, 1.82) is 0 Å². The zero-order valence-corrected chi connectivity index (χ0v) is 9.47. The highest BCUT2D eigenvalue weighted by Gasteiger charge is 2.25. The van der Waals surface area contributed by atoms with Gasteiger partial charge in [0.15, 0.2) is 5.69 Å². The first-order chi connectivity index (χ1) is 8.43. The summed E-state index contributed by atoms with van der Waals surface area (Å²) in [4.78, 5) is 25.6. The Morgan fingerprint density at radius 2 is 1.83 bits per heavy atom. The lowest BCUT2D eigenvalue weighted by atomic mass is 10.1. The molecule has 1 heterocycles. The number of aromatic hydroxyl groups is 1. The molecule has 0 radical (unpaired) electrons. The number of carboxylic acid groups (broad SMARTS) is 2. The highest BCUT2D eigenvalue weighted by atomic mass is 35.5. The number of rotatable bonds is 2. The van der Waals surface area contributed by atoms with E-state index in [-0.39, 0.29) is 15.9 Å². The van der Waals surface area contributed by atoms with Crippen LogP contribution in [0.1, 0.15) is 20.8 Å². The van der Waals surface area contributed by atoms with Crippen LogP contribution in [0.5, 0.6) is 5.75 Å². The minimum Gasteiger partial charge on any atom is -0.506 e. The summed E-state index contributed by atoms with van der Waals surface area (Å²) in [6.07, 6.45) is 0. The lowest BCUT2D eigenvalue weighted by Gasteiger charge is -2.08. The maximum atomic E-state index is 11.0. The first-order valence-electron chi connectivity index (χ1n) is 4.71. The molecule has 18 heavy (non-hydrogen) atoms. The maximum Gasteiger partial charge on any atom is 0.355 e. The van der Waals surface area contributed by atoms with E-state index in [9.17, 15) is 14.7 Å². The van der Waals surface area contributed by atoms with Crippen LogP contribution in [0.2, 0.25) is 5.02 Å². The molecule has 0 unspecified atom stereocenters. The highest BCUT2D eigenvalue weighted by molar-refractivity contribution is 6.36. The summed E-state index contributed by atoms with van der Waals surface area (Å²) in [6.45, 7) is 0. The van der Waals surface area contributed by atoms with E-state index >= 15 is 0 Å². The molecule has 2 aromatic rings. The van der Waals surface area contributed by atoms with Gasteiger partial charge in [-0.1, -0.05) is 17.7 Å². The highest BCUT2D eigenvalue weighted by Crippen LogP contribution is 2.34. The summed E-state index contributed by atoms with van der Waals surface area (Å²) < 4.78 is 0. The second kappa shape index (κ2) is 4.15. The molecule has 0 aliphatic rings. The van der Waals surface area contributed by atoms with Crippen LogP contribution in [-0.2, 0) is 0 Å². The third kappa shape index (κ3) is 1.72. The SMILES string of the molecule is O=C(O)c1nc2cccc(Cl)c2c(O)c1C(=O)O. The average molecular weight is 268 g/mol. The summed E-state index contributed by atoms with van der Waals surface area (Å²) >= 11 is 5.83. The van der Waals surface area contributed by atoms with Crippen LogP contribution in [0.25, 0.3) is 10.9 Å². The number of aromatic nitrogens is 1. The van der Waals surface area contributed by atoms with Gasteiger partial charge in [0.2, 0.25) is 0 Å². The molecule has 0 amide bonds. The van der Waals surface area contributed by atoms with Crippen molar-refractivity contribution < 1.29 is 24.9 Å². The topological polar surface area (TPSA) is 108 Å². The molecule has 0 aliphatic heterocycles. The van der Waals surface area contributed by atoms with Crippen molar-refractivity contribution in [3.8, 4) is 5.75 Å². The number of benzene rings is 1. The minimum atomic E-state index is -1.58. The monoisotopic (exact) mass is 267 g/mol. The van der Waals surface area contributed by atoms with E-state index < -0.39 is 28.9 Å². The van der Waals surface area contributed by atoms with E-state index in [4.69, 9.17) is 21.8 Å². The molecule has 0 bridgehead atoms. The van der Waals surface area contributed by atoms with Crippen LogP contribution in [0, 0.1) is 0 Å². The summed E-state index contributed by atoms with van der Waals surface area (Å²) in [6, 6.07) is 4.39. The van der Waals surface area contributed by atoms with Crippen molar-refractivity contribution >= 4 is 34.4 Å². The van der Waals surface area contributed by atoms with E-state index in [0.717, 1.165) is 0 Å². The fraction of sp³-hybridized carbons (Fsp3) is 0. The summed E-state index contributed by atoms with van der Waals surface area (Å²) in [5.74, 6) is -3.82. The van der Waals surface area contributed by atoms with Crippen LogP contribution in [-0.4, -0.2) is 32.2 Å². The Balaban J connectivity index is 3.00. The van der Waals surface area contributed by atoms with Crippen LogP contribution < -0.4 is 0 Å². The van der Waals surface area contributed by atoms with Gasteiger partial charge in [0.25, 0.3) is 0 Å². The van der Waals surface area contributed by atoms with Gasteiger partial charge in [-0.2, -0.15) is 0 Å². The fourth-order valence-corrected chi connectivity index (χ4v) is 1.87. The Kier molecular flexibility index (Phi) is 2.80. The van der Waals surface area contributed by atoms with E-state index in [2.05, 4.69) is 4.98 Å². The molecule has 0 aliphatic carbocycles. The predicted molar refractivity (Wildman–Crippen MR) is 62.3 cm³/mol. The fourth-order valence-electron chi connectivity index (χ4n) is 1.61. The number of pyridine rings is 1. The van der Waals surface area contributed by atoms with Gasteiger partial charge >= 0.3 is 11.9 Å². The average Bonchev–Trinajstić information content (AvgIpc) is 2.27. The van der Waals surface area contributed by atoms with E-state index in [1.54, 1.807) is 0 Å². The normalized spacial score (nSPS) is 10.5. The van der Waals surface area contributed by atoms with Gasteiger partial charge in [-0.05, 0) is 12.1 Å². The largest absolute Gasteiger partial charge is 0.506 e. The number of halogens is 1. The molecular formula is C11H6ClNO5. The molecular weight excluding hydrogens is 262 g/mol. The Morgan fingerprint density at radius 3 is 2.39 bits per heavy atom. The third-order valence-electron chi connectivity index (χ3n) is 2.35. The van der Waals surface area contributed by atoms with Crippen molar-refractivity contribution in [1.82, 2.24) is 4.98 Å². The molecule has 0 fully saturated rings. The number of aromatic carboxylic acids is 2. The van der Waals surface area contributed by atoms with Crippen molar-refractivity contribution in [3.05, 3.63) is 34.5 Å². The van der Waals surface area contributed by atoms with Crippen molar-refractivity contribution in [2.75, 3.05) is 0 Å². The van der Waals surface area contributed by atoms with Gasteiger partial charge in [-0.25, -0.2) is 14.6 Å².